The molecule has 3 heterocycles. The van der Waals surface area contributed by atoms with E-state index in [0.29, 0.717) is 48.6 Å². The number of nitrogens with zero attached hydrogens (tertiary/aromatic N) is 3. The van der Waals surface area contributed by atoms with Crippen LogP contribution in [-0.4, -0.2) is 33.3 Å². The summed E-state index contributed by atoms with van der Waals surface area (Å²) in [5.41, 5.74) is 2.93. The fourth-order valence-corrected chi connectivity index (χ4v) is 5.94. The van der Waals surface area contributed by atoms with Gasteiger partial charge in [-0.25, -0.2) is 14.2 Å². The molecule has 180 valence electrons. The van der Waals surface area contributed by atoms with Gasteiger partial charge in [-0.1, -0.05) is 49.4 Å². The van der Waals surface area contributed by atoms with Gasteiger partial charge >= 0.3 is 11.8 Å². The second kappa shape index (κ2) is 9.54. The molecule has 2 aromatic carbocycles. The number of aromatic nitrogens is 2. The minimum Gasteiger partial charge on any atom is -0.450 e. The van der Waals surface area contributed by atoms with Crippen molar-refractivity contribution in [3.05, 3.63) is 97.0 Å². The fraction of sp³-hybridized carbons (Fsp3) is 0.296. The Morgan fingerprint density at radius 1 is 1.00 bits per heavy atom. The van der Waals surface area contributed by atoms with Crippen molar-refractivity contribution < 1.29 is 9.53 Å². The molecular formula is C27H27N3O4S. The number of carbonyl (C=O) groups excluding carboxylic acids is 1. The molecule has 7 nitrogen and oxygen atoms in total. The lowest BCUT2D eigenvalue weighted by Crippen LogP contribution is -2.39. The summed E-state index contributed by atoms with van der Waals surface area (Å²) < 4.78 is 8.16. The van der Waals surface area contributed by atoms with E-state index in [1.54, 1.807) is 16.4 Å². The molecule has 1 amide bonds. The zero-order valence-corrected chi connectivity index (χ0v) is 20.6. The van der Waals surface area contributed by atoms with E-state index in [4.69, 9.17) is 4.74 Å². The van der Waals surface area contributed by atoms with Crippen LogP contribution < -0.4 is 11.2 Å². The second-order valence-electron chi connectivity index (χ2n) is 8.57. The van der Waals surface area contributed by atoms with Crippen LogP contribution in [0.25, 0.3) is 15.9 Å². The van der Waals surface area contributed by atoms with E-state index in [-0.39, 0.29) is 17.3 Å². The molecule has 0 N–H and O–H groups in total. The van der Waals surface area contributed by atoms with Crippen LogP contribution in [0, 0.1) is 0 Å². The van der Waals surface area contributed by atoms with E-state index in [1.807, 2.05) is 54.6 Å². The van der Waals surface area contributed by atoms with Crippen molar-refractivity contribution in [3.8, 4) is 5.69 Å². The highest BCUT2D eigenvalue weighted by Crippen LogP contribution is 2.33. The Balaban J connectivity index is 1.72. The van der Waals surface area contributed by atoms with Gasteiger partial charge in [-0.3, -0.25) is 9.36 Å². The highest BCUT2D eigenvalue weighted by atomic mass is 32.1. The number of ether oxygens (including phenoxy) is 1. The first-order valence-corrected chi connectivity index (χ1v) is 12.7. The average molecular weight is 490 g/mol. The van der Waals surface area contributed by atoms with Gasteiger partial charge in [-0.05, 0) is 48.6 Å². The average Bonchev–Trinajstić information content (AvgIpc) is 3.27. The van der Waals surface area contributed by atoms with Crippen molar-refractivity contribution in [1.82, 2.24) is 14.0 Å². The summed E-state index contributed by atoms with van der Waals surface area (Å²) in [4.78, 5) is 43.2. The van der Waals surface area contributed by atoms with Crippen molar-refractivity contribution in [2.24, 2.45) is 0 Å². The maximum atomic E-state index is 13.8. The molecule has 8 heteroatoms. The molecule has 1 aliphatic heterocycles. The number of hydrogen-bond donors (Lipinski definition) is 0. The van der Waals surface area contributed by atoms with Crippen molar-refractivity contribution in [2.45, 2.75) is 39.8 Å². The largest absolute Gasteiger partial charge is 0.450 e. The van der Waals surface area contributed by atoms with Gasteiger partial charge in [-0.15, -0.1) is 11.3 Å². The van der Waals surface area contributed by atoms with E-state index in [2.05, 4.69) is 6.92 Å². The first-order valence-electron chi connectivity index (χ1n) is 11.9. The lowest BCUT2D eigenvalue weighted by atomic mass is 10.1. The quantitative estimate of drug-likeness (QED) is 0.418. The molecule has 0 saturated carbocycles. The lowest BCUT2D eigenvalue weighted by molar-refractivity contribution is 0.103. The molecular weight excluding hydrogens is 462 g/mol. The molecule has 0 unspecified atom stereocenters. The topological polar surface area (TPSA) is 73.5 Å². The van der Waals surface area contributed by atoms with E-state index >= 15 is 0 Å². The Bertz CT molecular complexity index is 1500. The summed E-state index contributed by atoms with van der Waals surface area (Å²) in [6.07, 6.45) is 1.06. The maximum Gasteiger partial charge on any atom is 0.410 e. The summed E-state index contributed by atoms with van der Waals surface area (Å²) >= 11 is 1.42. The standard InChI is InChI=1S/C27H27N3O4S/c1-3-18-10-12-20(13-11-18)30-24(31)23-21-14-15-28(27(33)34-4-2)17-22(21)35-25(23)29(26(30)32)16-19-8-6-5-7-9-19/h5-13H,3-4,14-17H2,1-2H3. The number of rotatable bonds is 5. The van der Waals surface area contributed by atoms with Gasteiger partial charge in [0.05, 0.1) is 30.8 Å². The molecule has 0 fully saturated rings. The van der Waals surface area contributed by atoms with Gasteiger partial charge in [0.25, 0.3) is 5.56 Å². The van der Waals surface area contributed by atoms with E-state index in [9.17, 15) is 14.4 Å². The van der Waals surface area contributed by atoms with Crippen LogP contribution in [0.5, 0.6) is 0 Å². The molecule has 0 saturated heterocycles. The number of hydrogen-bond acceptors (Lipinski definition) is 5. The van der Waals surface area contributed by atoms with Crippen molar-refractivity contribution >= 4 is 27.6 Å². The number of aryl methyl sites for hydroxylation is 1. The van der Waals surface area contributed by atoms with E-state index < -0.39 is 0 Å². The molecule has 0 aliphatic carbocycles. The minimum atomic E-state index is -0.364. The molecule has 1 aliphatic rings. The molecule has 0 radical (unpaired) electrons. The highest BCUT2D eigenvalue weighted by Gasteiger charge is 2.29. The molecule has 0 bridgehead atoms. The smallest absolute Gasteiger partial charge is 0.410 e. The Morgan fingerprint density at radius 3 is 2.43 bits per heavy atom. The third-order valence-corrected chi connectivity index (χ3v) is 7.67. The summed E-state index contributed by atoms with van der Waals surface area (Å²) in [5, 5.41) is 0.573. The normalized spacial score (nSPS) is 13.1. The monoisotopic (exact) mass is 489 g/mol. The fourth-order valence-electron chi connectivity index (χ4n) is 4.59. The molecule has 35 heavy (non-hydrogen) atoms. The summed E-state index contributed by atoms with van der Waals surface area (Å²) in [5.74, 6) is 0. The highest BCUT2D eigenvalue weighted by molar-refractivity contribution is 7.18. The van der Waals surface area contributed by atoms with Crippen LogP contribution in [0.2, 0.25) is 0 Å². The summed E-state index contributed by atoms with van der Waals surface area (Å²) in [7, 11) is 0. The van der Waals surface area contributed by atoms with Crippen LogP contribution in [0.1, 0.15) is 35.4 Å². The van der Waals surface area contributed by atoms with Crippen LogP contribution in [0.15, 0.2) is 64.2 Å². The Kier molecular flexibility index (Phi) is 6.30. The Labute approximate surface area is 206 Å². The number of fused-ring (bicyclic) bond motifs is 3. The molecule has 0 spiro atoms. The van der Waals surface area contributed by atoms with E-state index in [1.165, 1.54) is 15.9 Å². The number of thiophene rings is 1. The summed E-state index contributed by atoms with van der Waals surface area (Å²) in [6.45, 7) is 5.36. The number of benzene rings is 2. The van der Waals surface area contributed by atoms with Gasteiger partial charge < -0.3 is 9.64 Å². The van der Waals surface area contributed by atoms with Crippen LogP contribution >= 0.6 is 11.3 Å². The zero-order valence-electron chi connectivity index (χ0n) is 19.8. The first kappa shape index (κ1) is 23.1. The number of carbonyl (C=O) groups is 1. The number of amides is 1. The zero-order chi connectivity index (χ0) is 24.5. The van der Waals surface area contributed by atoms with Gasteiger partial charge in [0.2, 0.25) is 0 Å². The predicted octanol–water partition coefficient (Wildman–Crippen LogP) is 4.34. The van der Waals surface area contributed by atoms with Crippen molar-refractivity contribution in [1.29, 1.82) is 0 Å². The molecule has 2 aromatic heterocycles. The minimum absolute atomic E-state index is 0.305. The third kappa shape index (κ3) is 4.18. The van der Waals surface area contributed by atoms with E-state index in [0.717, 1.165) is 28.0 Å². The third-order valence-electron chi connectivity index (χ3n) is 6.43. The summed E-state index contributed by atoms with van der Waals surface area (Å²) in [6, 6.07) is 17.3. The Morgan fingerprint density at radius 2 is 1.74 bits per heavy atom. The van der Waals surface area contributed by atoms with Gasteiger partial charge in [0, 0.05) is 11.4 Å². The molecule has 5 rings (SSSR count). The van der Waals surface area contributed by atoms with Gasteiger partial charge in [0.1, 0.15) is 4.83 Å². The van der Waals surface area contributed by atoms with Crippen LogP contribution in [-0.2, 0) is 30.7 Å². The lowest BCUT2D eigenvalue weighted by Gasteiger charge is -2.25. The molecule has 4 aromatic rings. The van der Waals surface area contributed by atoms with Gasteiger partial charge in [0.15, 0.2) is 0 Å². The predicted molar refractivity (Wildman–Crippen MR) is 138 cm³/mol. The van der Waals surface area contributed by atoms with Crippen LogP contribution in [0.4, 0.5) is 4.79 Å². The second-order valence-corrected chi connectivity index (χ2v) is 9.65. The van der Waals surface area contributed by atoms with Crippen LogP contribution in [0.3, 0.4) is 0 Å². The first-order chi connectivity index (χ1) is 17.0. The van der Waals surface area contributed by atoms with Gasteiger partial charge in [-0.2, -0.15) is 0 Å². The Hall–Kier alpha value is -3.65. The van der Waals surface area contributed by atoms with Crippen molar-refractivity contribution in [2.75, 3.05) is 13.2 Å². The maximum absolute atomic E-state index is 13.8. The SMILES string of the molecule is CCOC(=O)N1CCc2c(sc3c2c(=O)n(-c2ccc(CC)cc2)c(=O)n3Cc2ccccc2)C1. The van der Waals surface area contributed by atoms with Crippen molar-refractivity contribution in [3.63, 3.8) is 0 Å². The molecule has 0 atom stereocenters.